The number of alkyl halides is 1. The minimum atomic E-state index is 0.214. The van der Waals surface area contributed by atoms with Crippen LogP contribution in [-0.2, 0) is 5.88 Å². The Bertz CT molecular complexity index is 514. The van der Waals surface area contributed by atoms with E-state index in [1.807, 2.05) is 23.9 Å². The molecule has 16 heavy (non-hydrogen) atoms. The van der Waals surface area contributed by atoms with Crippen molar-refractivity contribution in [3.8, 4) is 0 Å². The van der Waals surface area contributed by atoms with Crippen molar-refractivity contribution in [2.24, 2.45) is 0 Å². The Labute approximate surface area is 102 Å². The van der Waals surface area contributed by atoms with Crippen molar-refractivity contribution in [1.29, 1.82) is 0 Å². The van der Waals surface area contributed by atoms with E-state index in [0.717, 1.165) is 5.75 Å². The maximum Gasteiger partial charge on any atom is 0.235 e. The highest BCUT2D eigenvalue weighted by Crippen LogP contribution is 2.42. The van der Waals surface area contributed by atoms with E-state index in [1.54, 1.807) is 0 Å². The molecule has 1 unspecified atom stereocenters. The first-order chi connectivity index (χ1) is 7.88. The predicted octanol–water partition coefficient (Wildman–Crippen LogP) is 3.05. The van der Waals surface area contributed by atoms with Gasteiger partial charge in [0.1, 0.15) is 0 Å². The number of thioether (sulfide) groups is 1. The number of hydrogen-bond donors (Lipinski definition) is 0. The maximum absolute atomic E-state index is 5.66. The molecule has 82 valence electrons. The van der Waals surface area contributed by atoms with Crippen LogP contribution in [0.15, 0.2) is 33.7 Å². The van der Waals surface area contributed by atoms with Gasteiger partial charge in [0, 0.05) is 10.6 Å². The number of nitrogens with zero attached hydrogens (tertiary/aromatic N) is 2. The Hall–Kier alpha value is -1.00. The van der Waals surface area contributed by atoms with Gasteiger partial charge in [0.2, 0.25) is 5.89 Å². The van der Waals surface area contributed by atoms with E-state index in [9.17, 15) is 0 Å². The Kier molecular flexibility index (Phi) is 2.61. The lowest BCUT2D eigenvalue weighted by molar-refractivity contribution is 0.368. The minimum absolute atomic E-state index is 0.214. The van der Waals surface area contributed by atoms with E-state index in [2.05, 4.69) is 22.3 Å². The lowest BCUT2D eigenvalue weighted by atomic mass is 10.0. The Morgan fingerprint density at radius 2 is 2.31 bits per heavy atom. The van der Waals surface area contributed by atoms with Crippen LogP contribution in [0.5, 0.6) is 0 Å². The number of fused-ring (bicyclic) bond motifs is 1. The highest BCUT2D eigenvalue weighted by molar-refractivity contribution is 7.99. The Balaban J connectivity index is 1.98. The summed E-state index contributed by atoms with van der Waals surface area (Å²) in [4.78, 5) is 5.59. The van der Waals surface area contributed by atoms with Crippen LogP contribution in [0.3, 0.4) is 0 Å². The van der Waals surface area contributed by atoms with Gasteiger partial charge in [-0.2, -0.15) is 4.98 Å². The molecular weight excluding hydrogens is 244 g/mol. The second-order valence-corrected chi connectivity index (χ2v) is 4.91. The van der Waals surface area contributed by atoms with Crippen molar-refractivity contribution in [2.75, 3.05) is 5.75 Å². The van der Waals surface area contributed by atoms with Gasteiger partial charge < -0.3 is 4.52 Å². The third kappa shape index (κ3) is 1.62. The highest BCUT2D eigenvalue weighted by atomic mass is 35.5. The van der Waals surface area contributed by atoms with E-state index >= 15 is 0 Å². The summed E-state index contributed by atoms with van der Waals surface area (Å²) in [5, 5.41) is 3.82. The summed E-state index contributed by atoms with van der Waals surface area (Å²) in [6, 6.07) is 8.33. The van der Waals surface area contributed by atoms with E-state index in [-0.39, 0.29) is 5.92 Å². The second-order valence-electron chi connectivity index (χ2n) is 3.58. The molecule has 1 aromatic carbocycles. The average Bonchev–Trinajstić information content (AvgIpc) is 2.94. The van der Waals surface area contributed by atoms with Gasteiger partial charge in [0.15, 0.2) is 5.82 Å². The van der Waals surface area contributed by atoms with Gasteiger partial charge in [-0.05, 0) is 11.6 Å². The molecule has 3 rings (SSSR count). The molecule has 0 radical (unpaired) electrons. The number of benzene rings is 1. The number of rotatable bonds is 2. The summed E-state index contributed by atoms with van der Waals surface area (Å²) in [5.74, 6) is 2.71. The van der Waals surface area contributed by atoms with Gasteiger partial charge >= 0.3 is 0 Å². The van der Waals surface area contributed by atoms with Crippen LogP contribution in [0.1, 0.15) is 23.2 Å². The Morgan fingerprint density at radius 1 is 1.44 bits per heavy atom. The fraction of sp³-hybridized carbons (Fsp3) is 0.273. The van der Waals surface area contributed by atoms with Gasteiger partial charge in [-0.1, -0.05) is 23.4 Å². The van der Waals surface area contributed by atoms with E-state index < -0.39 is 0 Å². The molecule has 0 bridgehead atoms. The van der Waals surface area contributed by atoms with Crippen LogP contribution in [0.25, 0.3) is 0 Å². The molecule has 5 heteroatoms. The summed E-state index contributed by atoms with van der Waals surface area (Å²) in [6.45, 7) is 0. The van der Waals surface area contributed by atoms with Crippen LogP contribution in [0.4, 0.5) is 0 Å². The number of halogens is 1. The molecule has 3 nitrogen and oxygen atoms in total. The topological polar surface area (TPSA) is 38.9 Å². The van der Waals surface area contributed by atoms with Gasteiger partial charge in [0.05, 0.1) is 11.8 Å². The molecule has 2 aromatic rings. The molecule has 1 aliphatic rings. The smallest absolute Gasteiger partial charge is 0.235 e. The molecular formula is C11H9ClN2OS. The molecule has 2 heterocycles. The summed E-state index contributed by atoms with van der Waals surface area (Å²) < 4.78 is 5.24. The van der Waals surface area contributed by atoms with Crippen LogP contribution < -0.4 is 0 Å². The molecule has 1 aliphatic heterocycles. The molecule has 0 saturated heterocycles. The van der Waals surface area contributed by atoms with Crippen LogP contribution >= 0.6 is 23.4 Å². The maximum atomic E-state index is 5.66. The monoisotopic (exact) mass is 252 g/mol. The normalized spacial score (nSPS) is 18.7. The number of aromatic nitrogens is 2. The fourth-order valence-corrected chi connectivity index (χ4v) is 3.16. The third-order valence-electron chi connectivity index (χ3n) is 2.60. The lowest BCUT2D eigenvalue weighted by Crippen LogP contribution is -1.99. The van der Waals surface area contributed by atoms with Crippen molar-refractivity contribution in [1.82, 2.24) is 10.1 Å². The first-order valence-electron chi connectivity index (χ1n) is 4.98. The van der Waals surface area contributed by atoms with Gasteiger partial charge in [-0.15, -0.1) is 23.4 Å². The van der Waals surface area contributed by atoms with Crippen molar-refractivity contribution in [2.45, 2.75) is 16.7 Å². The van der Waals surface area contributed by atoms with E-state index in [0.29, 0.717) is 17.6 Å². The summed E-state index contributed by atoms with van der Waals surface area (Å²) >= 11 is 7.48. The van der Waals surface area contributed by atoms with Gasteiger partial charge in [-0.3, -0.25) is 0 Å². The van der Waals surface area contributed by atoms with Crippen LogP contribution in [0, 0.1) is 0 Å². The summed E-state index contributed by atoms with van der Waals surface area (Å²) in [6.07, 6.45) is 0. The molecule has 0 amide bonds. The predicted molar refractivity (Wildman–Crippen MR) is 62.9 cm³/mol. The number of hydrogen-bond acceptors (Lipinski definition) is 4. The zero-order valence-electron chi connectivity index (χ0n) is 8.39. The SMILES string of the molecule is ClCc1noc(C2CSc3ccccc32)n1. The molecule has 0 spiro atoms. The second kappa shape index (κ2) is 4.11. The quantitative estimate of drug-likeness (QED) is 0.770. The molecule has 1 atom stereocenters. The summed E-state index contributed by atoms with van der Waals surface area (Å²) in [7, 11) is 0. The minimum Gasteiger partial charge on any atom is -0.339 e. The molecule has 0 saturated carbocycles. The van der Waals surface area contributed by atoms with E-state index in [4.69, 9.17) is 16.1 Å². The van der Waals surface area contributed by atoms with Crippen molar-refractivity contribution >= 4 is 23.4 Å². The van der Waals surface area contributed by atoms with Crippen molar-refractivity contribution in [3.05, 3.63) is 41.5 Å². The fourth-order valence-electron chi connectivity index (χ4n) is 1.83. The van der Waals surface area contributed by atoms with Crippen molar-refractivity contribution < 1.29 is 4.52 Å². The standard InChI is InChI=1S/C11H9ClN2OS/c12-5-10-13-11(15-14-10)8-6-16-9-4-2-1-3-7(8)9/h1-4,8H,5-6H2. The highest BCUT2D eigenvalue weighted by Gasteiger charge is 2.28. The first-order valence-corrected chi connectivity index (χ1v) is 6.50. The summed E-state index contributed by atoms with van der Waals surface area (Å²) in [5.41, 5.74) is 1.28. The van der Waals surface area contributed by atoms with Gasteiger partial charge in [-0.25, -0.2) is 0 Å². The van der Waals surface area contributed by atoms with E-state index in [1.165, 1.54) is 10.5 Å². The Morgan fingerprint density at radius 3 is 3.12 bits per heavy atom. The average molecular weight is 253 g/mol. The van der Waals surface area contributed by atoms with Crippen LogP contribution in [-0.4, -0.2) is 15.9 Å². The third-order valence-corrected chi connectivity index (χ3v) is 4.02. The first kappa shape index (κ1) is 10.2. The largest absolute Gasteiger partial charge is 0.339 e. The lowest BCUT2D eigenvalue weighted by Gasteiger charge is -2.03. The van der Waals surface area contributed by atoms with Crippen molar-refractivity contribution in [3.63, 3.8) is 0 Å². The molecule has 0 fully saturated rings. The zero-order valence-corrected chi connectivity index (χ0v) is 9.96. The molecule has 0 aliphatic carbocycles. The van der Waals surface area contributed by atoms with Crippen LogP contribution in [0.2, 0.25) is 0 Å². The molecule has 1 aromatic heterocycles. The zero-order chi connectivity index (χ0) is 11.0. The molecule has 0 N–H and O–H groups in total. The van der Waals surface area contributed by atoms with Gasteiger partial charge in [0.25, 0.3) is 0 Å².